The van der Waals surface area contributed by atoms with Gasteiger partial charge in [0.1, 0.15) is 0 Å². The SMILES string of the molecule is Nc1cccc2c1CCCN2CC(O)c1ccccc1. The normalized spacial score (nSPS) is 15.8. The van der Waals surface area contributed by atoms with Gasteiger partial charge in [-0.25, -0.2) is 0 Å². The second-order valence-electron chi connectivity index (χ2n) is 5.32. The molecule has 1 unspecified atom stereocenters. The lowest BCUT2D eigenvalue weighted by Gasteiger charge is -2.33. The van der Waals surface area contributed by atoms with Gasteiger partial charge < -0.3 is 15.7 Å². The van der Waals surface area contributed by atoms with Crippen LogP contribution in [0.4, 0.5) is 11.4 Å². The molecular formula is C17H20N2O. The largest absolute Gasteiger partial charge is 0.398 e. The lowest BCUT2D eigenvalue weighted by Crippen LogP contribution is -2.33. The van der Waals surface area contributed by atoms with E-state index in [2.05, 4.69) is 11.0 Å². The minimum absolute atomic E-state index is 0.469. The molecule has 0 aromatic heterocycles. The maximum atomic E-state index is 10.4. The van der Waals surface area contributed by atoms with Crippen molar-refractivity contribution in [3.05, 3.63) is 59.7 Å². The average molecular weight is 268 g/mol. The number of anilines is 2. The topological polar surface area (TPSA) is 49.5 Å². The number of nitrogen functional groups attached to an aromatic ring is 1. The third-order valence-corrected chi connectivity index (χ3v) is 3.96. The van der Waals surface area contributed by atoms with Crippen molar-refractivity contribution in [2.45, 2.75) is 18.9 Å². The molecule has 3 heteroatoms. The first kappa shape index (κ1) is 13.0. The Bertz CT molecular complexity index is 583. The first-order valence-corrected chi connectivity index (χ1v) is 7.11. The molecule has 0 aliphatic carbocycles. The molecule has 3 rings (SSSR count). The third kappa shape index (κ3) is 2.49. The molecular weight excluding hydrogens is 248 g/mol. The minimum Gasteiger partial charge on any atom is -0.398 e. The van der Waals surface area contributed by atoms with E-state index in [-0.39, 0.29) is 0 Å². The van der Waals surface area contributed by atoms with Crippen molar-refractivity contribution in [3.8, 4) is 0 Å². The van der Waals surface area contributed by atoms with Crippen molar-refractivity contribution in [1.82, 2.24) is 0 Å². The highest BCUT2D eigenvalue weighted by Gasteiger charge is 2.21. The summed E-state index contributed by atoms with van der Waals surface area (Å²) in [5.74, 6) is 0. The van der Waals surface area contributed by atoms with Gasteiger partial charge in [-0.15, -0.1) is 0 Å². The molecule has 0 spiro atoms. The predicted molar refractivity (Wildman–Crippen MR) is 82.8 cm³/mol. The molecule has 0 amide bonds. The van der Waals surface area contributed by atoms with E-state index >= 15 is 0 Å². The summed E-state index contributed by atoms with van der Waals surface area (Å²) in [5, 5.41) is 10.4. The molecule has 1 atom stereocenters. The molecule has 1 aliphatic heterocycles. The van der Waals surface area contributed by atoms with Gasteiger partial charge in [-0.1, -0.05) is 36.4 Å². The molecule has 0 saturated carbocycles. The summed E-state index contributed by atoms with van der Waals surface area (Å²) in [6.45, 7) is 1.58. The number of aliphatic hydroxyl groups excluding tert-OH is 1. The lowest BCUT2D eigenvalue weighted by molar-refractivity contribution is 0.183. The van der Waals surface area contributed by atoms with Crippen molar-refractivity contribution in [1.29, 1.82) is 0 Å². The highest BCUT2D eigenvalue weighted by atomic mass is 16.3. The van der Waals surface area contributed by atoms with Gasteiger partial charge in [0, 0.05) is 24.5 Å². The van der Waals surface area contributed by atoms with Crippen LogP contribution in [0.15, 0.2) is 48.5 Å². The molecule has 3 N–H and O–H groups in total. The van der Waals surface area contributed by atoms with E-state index < -0.39 is 6.10 Å². The Balaban J connectivity index is 1.82. The quantitative estimate of drug-likeness (QED) is 0.842. The van der Waals surface area contributed by atoms with Crippen LogP contribution >= 0.6 is 0 Å². The standard InChI is InChI=1S/C17H20N2O/c18-15-9-4-10-16-14(15)8-5-11-19(16)12-17(20)13-6-2-1-3-7-13/h1-4,6-7,9-10,17,20H,5,8,11-12,18H2. The average Bonchev–Trinajstić information content (AvgIpc) is 2.49. The number of aliphatic hydroxyl groups is 1. The van der Waals surface area contributed by atoms with Crippen LogP contribution in [0.1, 0.15) is 23.7 Å². The van der Waals surface area contributed by atoms with Gasteiger partial charge in [0.25, 0.3) is 0 Å². The number of β-amino-alcohol motifs (C(OH)–C–C–N with tert-alkyl or cyclic N) is 1. The van der Waals surface area contributed by atoms with E-state index in [9.17, 15) is 5.11 Å². The maximum Gasteiger partial charge on any atom is 0.0964 e. The van der Waals surface area contributed by atoms with Crippen LogP contribution in [0.5, 0.6) is 0 Å². The van der Waals surface area contributed by atoms with Crippen LogP contribution in [0.3, 0.4) is 0 Å². The first-order chi connectivity index (χ1) is 9.75. The number of hydrogen-bond acceptors (Lipinski definition) is 3. The van der Waals surface area contributed by atoms with Crippen molar-refractivity contribution in [3.63, 3.8) is 0 Å². The fraction of sp³-hybridized carbons (Fsp3) is 0.294. The zero-order valence-corrected chi connectivity index (χ0v) is 11.5. The molecule has 3 nitrogen and oxygen atoms in total. The summed E-state index contributed by atoms with van der Waals surface area (Å²) in [6.07, 6.45) is 1.64. The minimum atomic E-state index is -0.469. The number of rotatable bonds is 3. The number of benzene rings is 2. The Morgan fingerprint density at radius 1 is 1.10 bits per heavy atom. The van der Waals surface area contributed by atoms with E-state index in [1.165, 1.54) is 11.3 Å². The summed E-state index contributed by atoms with van der Waals surface area (Å²) in [4.78, 5) is 2.24. The molecule has 20 heavy (non-hydrogen) atoms. The Hall–Kier alpha value is -2.00. The smallest absolute Gasteiger partial charge is 0.0964 e. The van der Waals surface area contributed by atoms with Gasteiger partial charge in [0.2, 0.25) is 0 Å². The van der Waals surface area contributed by atoms with Gasteiger partial charge in [-0.3, -0.25) is 0 Å². The summed E-state index contributed by atoms with van der Waals surface area (Å²) in [7, 11) is 0. The van der Waals surface area contributed by atoms with Gasteiger partial charge >= 0.3 is 0 Å². The van der Waals surface area contributed by atoms with Crippen LogP contribution < -0.4 is 10.6 Å². The zero-order valence-electron chi connectivity index (χ0n) is 11.5. The summed E-state index contributed by atoms with van der Waals surface area (Å²) < 4.78 is 0. The van der Waals surface area contributed by atoms with Gasteiger partial charge in [-0.2, -0.15) is 0 Å². The highest BCUT2D eigenvalue weighted by Crippen LogP contribution is 2.32. The van der Waals surface area contributed by atoms with Gasteiger partial charge in [0.05, 0.1) is 6.10 Å². The van der Waals surface area contributed by atoms with E-state index in [0.717, 1.165) is 30.6 Å². The first-order valence-electron chi connectivity index (χ1n) is 7.11. The lowest BCUT2D eigenvalue weighted by atomic mass is 9.99. The maximum absolute atomic E-state index is 10.4. The summed E-state index contributed by atoms with van der Waals surface area (Å²) >= 11 is 0. The van der Waals surface area contributed by atoms with Crippen LogP contribution in [-0.2, 0) is 6.42 Å². The second kappa shape index (κ2) is 5.55. The fourth-order valence-electron chi connectivity index (χ4n) is 2.91. The second-order valence-corrected chi connectivity index (χ2v) is 5.32. The molecule has 1 aliphatic rings. The number of nitrogens with two attached hydrogens (primary N) is 1. The molecule has 0 bridgehead atoms. The van der Waals surface area contributed by atoms with Crippen LogP contribution in [0.25, 0.3) is 0 Å². The summed E-state index contributed by atoms with van der Waals surface area (Å²) in [6, 6.07) is 15.9. The Kier molecular flexibility index (Phi) is 3.61. The number of fused-ring (bicyclic) bond motifs is 1. The van der Waals surface area contributed by atoms with Crippen molar-refractivity contribution >= 4 is 11.4 Å². The molecule has 0 fully saturated rings. The number of nitrogens with zero attached hydrogens (tertiary/aromatic N) is 1. The van der Waals surface area contributed by atoms with Gasteiger partial charge in [-0.05, 0) is 36.1 Å². The third-order valence-electron chi connectivity index (χ3n) is 3.96. The monoisotopic (exact) mass is 268 g/mol. The Labute approximate surface area is 119 Å². The fourth-order valence-corrected chi connectivity index (χ4v) is 2.91. The van der Waals surface area contributed by atoms with E-state index in [4.69, 9.17) is 5.73 Å². The van der Waals surface area contributed by atoms with E-state index in [0.29, 0.717) is 6.54 Å². The Morgan fingerprint density at radius 3 is 2.70 bits per heavy atom. The molecule has 104 valence electrons. The van der Waals surface area contributed by atoms with Crippen molar-refractivity contribution in [2.24, 2.45) is 0 Å². The predicted octanol–water partition coefficient (Wildman–Crippen LogP) is 2.76. The van der Waals surface area contributed by atoms with Crippen molar-refractivity contribution in [2.75, 3.05) is 23.7 Å². The molecule has 2 aromatic rings. The Morgan fingerprint density at radius 2 is 1.90 bits per heavy atom. The van der Waals surface area contributed by atoms with E-state index in [1.807, 2.05) is 42.5 Å². The summed E-state index contributed by atoms with van der Waals surface area (Å²) in [5.41, 5.74) is 10.3. The molecule has 0 radical (unpaired) electrons. The number of hydrogen-bond donors (Lipinski definition) is 2. The molecule has 1 heterocycles. The van der Waals surface area contributed by atoms with Crippen LogP contribution in [0.2, 0.25) is 0 Å². The van der Waals surface area contributed by atoms with Crippen molar-refractivity contribution < 1.29 is 5.11 Å². The van der Waals surface area contributed by atoms with E-state index in [1.54, 1.807) is 0 Å². The van der Waals surface area contributed by atoms with Gasteiger partial charge in [0.15, 0.2) is 0 Å². The van der Waals surface area contributed by atoms with Crippen LogP contribution in [-0.4, -0.2) is 18.2 Å². The molecule has 2 aromatic carbocycles. The molecule has 0 saturated heterocycles. The highest BCUT2D eigenvalue weighted by molar-refractivity contribution is 5.66. The zero-order chi connectivity index (χ0) is 13.9. The van der Waals surface area contributed by atoms with Crippen LogP contribution in [0, 0.1) is 0 Å².